The third-order valence-electron chi connectivity index (χ3n) is 7.20. The summed E-state index contributed by atoms with van der Waals surface area (Å²) in [6.45, 7) is 10.9. The Labute approximate surface area is 172 Å². The van der Waals surface area contributed by atoms with Crippen molar-refractivity contribution in [3.63, 3.8) is 0 Å². The number of rotatable bonds is 3. The number of aliphatic carboxylic acids is 1. The van der Waals surface area contributed by atoms with Crippen LogP contribution in [0.1, 0.15) is 72.6 Å². The molecule has 3 saturated heterocycles. The molecule has 3 fully saturated rings. The summed E-state index contributed by atoms with van der Waals surface area (Å²) < 4.78 is 17.9. The van der Waals surface area contributed by atoms with Gasteiger partial charge < -0.3 is 24.4 Å². The van der Waals surface area contributed by atoms with Gasteiger partial charge in [-0.1, -0.05) is 6.58 Å². The standard InChI is InChI=1S/C22H34O7/c1-13(19(24)25)15-6-9-20(3,26)16-7-10-21(4,28-16)17(27-14(2)23)8-11-22(5)18(12-15)29-22/h15-18,26H,1,6-12H2,2-5H3,(H,24,25)/t15-,16+,17+,18+,20-,21-,22+/m1/s1. The molecule has 3 aliphatic heterocycles. The average molecular weight is 411 g/mol. The Balaban J connectivity index is 1.87. The van der Waals surface area contributed by atoms with E-state index in [0.717, 1.165) is 0 Å². The van der Waals surface area contributed by atoms with Gasteiger partial charge in [0.05, 0.1) is 23.4 Å². The topological polar surface area (TPSA) is 106 Å². The first-order chi connectivity index (χ1) is 13.4. The lowest BCUT2D eigenvalue weighted by molar-refractivity contribution is -0.184. The number of hydrogen-bond acceptors (Lipinski definition) is 6. The minimum absolute atomic E-state index is 0.0711. The van der Waals surface area contributed by atoms with Crippen molar-refractivity contribution in [3.05, 3.63) is 12.2 Å². The molecule has 29 heavy (non-hydrogen) atoms. The van der Waals surface area contributed by atoms with Gasteiger partial charge >= 0.3 is 11.9 Å². The molecular formula is C22H34O7. The Hall–Kier alpha value is -1.44. The van der Waals surface area contributed by atoms with Crippen LogP contribution in [0.25, 0.3) is 0 Å². The van der Waals surface area contributed by atoms with E-state index < -0.39 is 29.4 Å². The summed E-state index contributed by atoms with van der Waals surface area (Å²) in [4.78, 5) is 23.2. The fourth-order valence-corrected chi connectivity index (χ4v) is 4.95. The highest BCUT2D eigenvalue weighted by molar-refractivity contribution is 5.86. The molecular weight excluding hydrogens is 376 g/mol. The van der Waals surface area contributed by atoms with Gasteiger partial charge in [0.1, 0.15) is 11.7 Å². The third kappa shape index (κ3) is 4.67. The number of aliphatic hydroxyl groups is 1. The largest absolute Gasteiger partial charge is 0.478 e. The van der Waals surface area contributed by atoms with Crippen molar-refractivity contribution in [3.8, 4) is 0 Å². The summed E-state index contributed by atoms with van der Waals surface area (Å²) in [6, 6.07) is 0. The van der Waals surface area contributed by atoms with E-state index in [1.165, 1.54) is 6.92 Å². The molecule has 7 nitrogen and oxygen atoms in total. The molecule has 0 saturated carbocycles. The molecule has 7 heteroatoms. The quantitative estimate of drug-likeness (QED) is 0.418. The second-order valence-corrected chi connectivity index (χ2v) is 9.67. The Morgan fingerprint density at radius 2 is 1.62 bits per heavy atom. The van der Waals surface area contributed by atoms with Crippen molar-refractivity contribution in [1.29, 1.82) is 0 Å². The van der Waals surface area contributed by atoms with Crippen LogP contribution < -0.4 is 0 Å². The van der Waals surface area contributed by atoms with E-state index in [0.29, 0.717) is 44.9 Å². The number of esters is 1. The molecule has 0 spiro atoms. The molecule has 0 aromatic rings. The molecule has 3 aliphatic rings. The van der Waals surface area contributed by atoms with Crippen LogP contribution in [-0.2, 0) is 23.8 Å². The van der Waals surface area contributed by atoms with Crippen molar-refractivity contribution < 1.29 is 34.0 Å². The van der Waals surface area contributed by atoms with Crippen LogP contribution in [0.2, 0.25) is 0 Å². The Morgan fingerprint density at radius 1 is 1.00 bits per heavy atom. The molecule has 164 valence electrons. The first-order valence-electron chi connectivity index (χ1n) is 10.5. The van der Waals surface area contributed by atoms with Gasteiger partial charge in [-0.05, 0) is 71.6 Å². The van der Waals surface area contributed by atoms with E-state index in [4.69, 9.17) is 14.2 Å². The van der Waals surface area contributed by atoms with Gasteiger partial charge in [0.2, 0.25) is 0 Å². The fraction of sp³-hybridized carbons (Fsp3) is 0.818. The van der Waals surface area contributed by atoms with Crippen molar-refractivity contribution in [2.24, 2.45) is 5.92 Å². The number of carbonyl (C=O) groups is 2. The van der Waals surface area contributed by atoms with E-state index in [9.17, 15) is 19.8 Å². The first-order valence-corrected chi connectivity index (χ1v) is 10.5. The number of epoxide rings is 1. The summed E-state index contributed by atoms with van der Waals surface area (Å²) >= 11 is 0. The van der Waals surface area contributed by atoms with Gasteiger partial charge in [0, 0.05) is 12.5 Å². The molecule has 0 aromatic carbocycles. The molecule has 0 aromatic heterocycles. The summed E-state index contributed by atoms with van der Waals surface area (Å²) in [5, 5.41) is 20.6. The van der Waals surface area contributed by atoms with Crippen molar-refractivity contribution in [2.45, 2.75) is 108 Å². The summed E-state index contributed by atoms with van der Waals surface area (Å²) in [5.41, 5.74) is -2.00. The lowest BCUT2D eigenvalue weighted by Crippen LogP contribution is -2.46. The van der Waals surface area contributed by atoms with Gasteiger partial charge in [0.25, 0.3) is 0 Å². The predicted octanol–water partition coefficient (Wildman–Crippen LogP) is 2.99. The second kappa shape index (κ2) is 7.67. The zero-order valence-corrected chi connectivity index (χ0v) is 17.9. The Morgan fingerprint density at radius 3 is 2.24 bits per heavy atom. The lowest BCUT2D eigenvalue weighted by atomic mass is 9.81. The smallest absolute Gasteiger partial charge is 0.331 e. The monoisotopic (exact) mass is 410 g/mol. The molecule has 2 bridgehead atoms. The van der Waals surface area contributed by atoms with Gasteiger partial charge in [-0.25, -0.2) is 4.79 Å². The number of carboxylic acids is 1. The van der Waals surface area contributed by atoms with Crippen LogP contribution in [0.3, 0.4) is 0 Å². The molecule has 3 rings (SSSR count). The normalized spacial score (nSPS) is 45.1. The lowest BCUT2D eigenvalue weighted by Gasteiger charge is -2.37. The predicted molar refractivity (Wildman–Crippen MR) is 105 cm³/mol. The van der Waals surface area contributed by atoms with Crippen LogP contribution in [0.4, 0.5) is 0 Å². The van der Waals surface area contributed by atoms with Gasteiger partial charge in [-0.15, -0.1) is 0 Å². The number of ether oxygens (including phenoxy) is 3. The molecule has 3 heterocycles. The maximum absolute atomic E-state index is 11.7. The van der Waals surface area contributed by atoms with Gasteiger partial charge in [0.15, 0.2) is 0 Å². The SMILES string of the molecule is C=C(C(=O)O)[C@@H]1CC[C@@](C)(O)[C@@H]2CC[C@@](C)(O2)[C@@H](OC(C)=O)CC[C@]2(C)O[C@H]2C1. The van der Waals surface area contributed by atoms with Crippen molar-refractivity contribution >= 4 is 11.9 Å². The minimum Gasteiger partial charge on any atom is -0.478 e. The van der Waals surface area contributed by atoms with Crippen LogP contribution in [0.15, 0.2) is 12.2 Å². The zero-order valence-electron chi connectivity index (χ0n) is 17.9. The number of carboxylic acid groups (broad SMARTS) is 1. The maximum Gasteiger partial charge on any atom is 0.331 e. The van der Waals surface area contributed by atoms with E-state index in [2.05, 4.69) is 6.58 Å². The van der Waals surface area contributed by atoms with Crippen LogP contribution >= 0.6 is 0 Å². The highest BCUT2D eigenvalue weighted by Crippen LogP contribution is 2.49. The van der Waals surface area contributed by atoms with E-state index in [1.54, 1.807) is 6.92 Å². The van der Waals surface area contributed by atoms with Crippen LogP contribution in [0.5, 0.6) is 0 Å². The Bertz CT molecular complexity index is 687. The molecule has 0 unspecified atom stereocenters. The second-order valence-electron chi connectivity index (χ2n) is 9.67. The Kier molecular flexibility index (Phi) is 5.89. The first kappa shape index (κ1) is 22.2. The van der Waals surface area contributed by atoms with E-state index in [1.807, 2.05) is 13.8 Å². The average Bonchev–Trinajstić information content (AvgIpc) is 3.05. The maximum atomic E-state index is 11.7. The number of fused-ring (bicyclic) bond motifs is 3. The van der Waals surface area contributed by atoms with Gasteiger partial charge in [-0.3, -0.25) is 4.79 Å². The third-order valence-corrected chi connectivity index (χ3v) is 7.20. The summed E-state index contributed by atoms with van der Waals surface area (Å²) in [7, 11) is 0. The molecule has 0 amide bonds. The highest BCUT2D eigenvalue weighted by atomic mass is 16.6. The summed E-state index contributed by atoms with van der Waals surface area (Å²) in [6.07, 6.45) is 3.16. The molecule has 2 N–H and O–H groups in total. The molecule has 0 radical (unpaired) electrons. The molecule has 7 atom stereocenters. The fourth-order valence-electron chi connectivity index (χ4n) is 4.95. The zero-order chi connectivity index (χ0) is 21.6. The number of carbonyl (C=O) groups excluding carboxylic acids is 1. The molecule has 0 aliphatic carbocycles. The van der Waals surface area contributed by atoms with E-state index >= 15 is 0 Å². The summed E-state index contributed by atoms with van der Waals surface area (Å²) in [5.74, 6) is -1.64. The van der Waals surface area contributed by atoms with E-state index in [-0.39, 0.29) is 29.2 Å². The van der Waals surface area contributed by atoms with Crippen LogP contribution in [0, 0.1) is 5.92 Å². The van der Waals surface area contributed by atoms with Crippen molar-refractivity contribution in [2.75, 3.05) is 0 Å². The van der Waals surface area contributed by atoms with Gasteiger partial charge in [-0.2, -0.15) is 0 Å². The number of hydrogen-bond donors (Lipinski definition) is 2. The van der Waals surface area contributed by atoms with Crippen molar-refractivity contribution in [1.82, 2.24) is 0 Å². The van der Waals surface area contributed by atoms with Crippen LogP contribution in [-0.4, -0.2) is 57.3 Å². The highest BCUT2D eigenvalue weighted by Gasteiger charge is 2.55. The minimum atomic E-state index is -1.11.